The van der Waals surface area contributed by atoms with E-state index in [4.69, 9.17) is 10.8 Å². The van der Waals surface area contributed by atoms with Crippen molar-refractivity contribution >= 4 is 11.9 Å². The summed E-state index contributed by atoms with van der Waals surface area (Å²) in [5.74, 6) is -1.33. The summed E-state index contributed by atoms with van der Waals surface area (Å²) in [7, 11) is 0. The normalized spacial score (nSPS) is 12.6. The molecule has 0 aliphatic rings. The summed E-state index contributed by atoms with van der Waals surface area (Å²) in [6, 6.07) is -0.881. The molecule has 1 unspecified atom stereocenters. The molecular weight excluding hydrogens is 196 g/mol. The molecule has 5 nitrogen and oxygen atoms in total. The summed E-state index contributed by atoms with van der Waals surface area (Å²) >= 11 is 0. The van der Waals surface area contributed by atoms with Crippen molar-refractivity contribution in [2.75, 3.05) is 6.54 Å². The lowest BCUT2D eigenvalue weighted by atomic mass is 10.1. The minimum atomic E-state index is -1.05. The van der Waals surface area contributed by atoms with Gasteiger partial charge in [0.15, 0.2) is 0 Å². The van der Waals surface area contributed by atoms with Crippen LogP contribution in [0.25, 0.3) is 0 Å². The quantitative estimate of drug-likeness (QED) is 0.674. The molecule has 0 spiro atoms. The smallest absolute Gasteiger partial charge is 0.305 e. The first kappa shape index (κ1) is 13.9. The maximum Gasteiger partial charge on any atom is 0.305 e. The molecule has 0 aromatic heterocycles. The Morgan fingerprint density at radius 2 is 1.93 bits per heavy atom. The molecule has 0 heterocycles. The largest absolute Gasteiger partial charge is 0.481 e. The monoisotopic (exact) mass is 216 g/mol. The van der Waals surface area contributed by atoms with Crippen LogP contribution in [0.1, 0.15) is 33.6 Å². The van der Waals surface area contributed by atoms with Crippen molar-refractivity contribution in [3.05, 3.63) is 0 Å². The Morgan fingerprint density at radius 3 is 2.27 bits per heavy atom. The summed E-state index contributed by atoms with van der Waals surface area (Å²) in [4.78, 5) is 23.8. The van der Waals surface area contributed by atoms with Crippen LogP contribution in [-0.4, -0.2) is 40.5 Å². The Morgan fingerprint density at radius 1 is 1.40 bits per heavy atom. The molecule has 1 atom stereocenters. The molecule has 15 heavy (non-hydrogen) atoms. The van der Waals surface area contributed by atoms with Gasteiger partial charge in [-0.15, -0.1) is 0 Å². The summed E-state index contributed by atoms with van der Waals surface area (Å²) in [5.41, 5.74) is 5.52. The molecule has 0 fully saturated rings. The van der Waals surface area contributed by atoms with Crippen LogP contribution in [0.4, 0.5) is 0 Å². The molecule has 0 rings (SSSR count). The fraction of sp³-hybridized carbons (Fsp3) is 0.800. The van der Waals surface area contributed by atoms with Crippen LogP contribution < -0.4 is 5.73 Å². The number of aliphatic carboxylic acids is 1. The van der Waals surface area contributed by atoms with Crippen molar-refractivity contribution in [2.45, 2.75) is 45.7 Å². The van der Waals surface area contributed by atoms with E-state index in [1.165, 1.54) is 0 Å². The number of carboxylic acid groups (broad SMARTS) is 1. The lowest BCUT2D eigenvalue weighted by Crippen LogP contribution is -2.48. The van der Waals surface area contributed by atoms with Crippen molar-refractivity contribution in [1.29, 1.82) is 0 Å². The molecular formula is C10H20N2O3. The summed E-state index contributed by atoms with van der Waals surface area (Å²) in [6.07, 6.45) is 0.523. The second-order valence-electron chi connectivity index (χ2n) is 3.83. The predicted octanol–water partition coefficient (Wildman–Crippen LogP) is 0.435. The highest BCUT2D eigenvalue weighted by Gasteiger charge is 2.24. The van der Waals surface area contributed by atoms with Gasteiger partial charge in [-0.25, -0.2) is 0 Å². The van der Waals surface area contributed by atoms with E-state index < -0.39 is 12.0 Å². The van der Waals surface area contributed by atoms with Gasteiger partial charge in [0.2, 0.25) is 5.91 Å². The van der Waals surface area contributed by atoms with Gasteiger partial charge in [0.05, 0.1) is 12.5 Å². The van der Waals surface area contributed by atoms with Gasteiger partial charge in [-0.1, -0.05) is 6.92 Å². The van der Waals surface area contributed by atoms with E-state index in [-0.39, 0.29) is 18.4 Å². The Bertz CT molecular complexity index is 229. The molecule has 0 aliphatic carbocycles. The van der Waals surface area contributed by atoms with E-state index in [0.29, 0.717) is 6.54 Å². The minimum Gasteiger partial charge on any atom is -0.481 e. The first-order valence-electron chi connectivity index (χ1n) is 5.18. The van der Waals surface area contributed by atoms with Crippen LogP contribution in [0.15, 0.2) is 0 Å². The van der Waals surface area contributed by atoms with E-state index in [9.17, 15) is 9.59 Å². The maximum atomic E-state index is 11.7. The molecule has 0 bridgehead atoms. The van der Waals surface area contributed by atoms with Gasteiger partial charge >= 0.3 is 5.97 Å². The third-order valence-electron chi connectivity index (χ3n) is 2.08. The highest BCUT2D eigenvalue weighted by Crippen LogP contribution is 2.04. The molecule has 5 heteroatoms. The van der Waals surface area contributed by atoms with Gasteiger partial charge < -0.3 is 15.7 Å². The summed E-state index contributed by atoms with van der Waals surface area (Å²) < 4.78 is 0. The number of hydrogen-bond acceptors (Lipinski definition) is 3. The molecule has 3 N–H and O–H groups in total. The van der Waals surface area contributed by atoms with Crippen LogP contribution in [-0.2, 0) is 9.59 Å². The van der Waals surface area contributed by atoms with E-state index in [1.807, 2.05) is 20.8 Å². The SMILES string of the molecule is CCCN(C(=O)C(N)CC(=O)O)C(C)C. The third-order valence-corrected chi connectivity index (χ3v) is 2.08. The number of carbonyl (C=O) groups is 2. The van der Waals surface area contributed by atoms with Crippen molar-refractivity contribution in [1.82, 2.24) is 4.90 Å². The number of hydrogen-bond donors (Lipinski definition) is 2. The predicted molar refractivity (Wildman–Crippen MR) is 57.4 cm³/mol. The zero-order valence-corrected chi connectivity index (χ0v) is 9.56. The number of amides is 1. The fourth-order valence-corrected chi connectivity index (χ4v) is 1.35. The second-order valence-corrected chi connectivity index (χ2v) is 3.83. The molecule has 0 saturated heterocycles. The number of nitrogens with zero attached hydrogens (tertiary/aromatic N) is 1. The number of rotatable bonds is 6. The molecule has 1 amide bonds. The number of carboxylic acids is 1. The van der Waals surface area contributed by atoms with Gasteiger partial charge in [0.1, 0.15) is 0 Å². The molecule has 0 radical (unpaired) electrons. The highest BCUT2D eigenvalue weighted by molar-refractivity contribution is 5.86. The first-order valence-corrected chi connectivity index (χ1v) is 5.18. The van der Waals surface area contributed by atoms with Crippen LogP contribution in [0.5, 0.6) is 0 Å². The van der Waals surface area contributed by atoms with Crippen LogP contribution in [0.3, 0.4) is 0 Å². The van der Waals surface area contributed by atoms with E-state index in [2.05, 4.69) is 0 Å². The van der Waals surface area contributed by atoms with Gasteiger partial charge in [0.25, 0.3) is 0 Å². The Hall–Kier alpha value is -1.10. The van der Waals surface area contributed by atoms with E-state index >= 15 is 0 Å². The highest BCUT2D eigenvalue weighted by atomic mass is 16.4. The van der Waals surface area contributed by atoms with Gasteiger partial charge in [0, 0.05) is 12.6 Å². The van der Waals surface area contributed by atoms with Crippen molar-refractivity contribution < 1.29 is 14.7 Å². The summed E-state index contributed by atoms with van der Waals surface area (Å²) in [6.45, 7) is 6.36. The van der Waals surface area contributed by atoms with Crippen molar-refractivity contribution in [3.8, 4) is 0 Å². The standard InChI is InChI=1S/C10H20N2O3/c1-4-5-12(7(2)3)10(15)8(11)6-9(13)14/h7-8H,4-6,11H2,1-3H3,(H,13,14). The van der Waals surface area contributed by atoms with Gasteiger partial charge in [-0.2, -0.15) is 0 Å². The Labute approximate surface area is 90.2 Å². The summed E-state index contributed by atoms with van der Waals surface area (Å²) in [5, 5.41) is 8.53. The Balaban J connectivity index is 4.41. The van der Waals surface area contributed by atoms with Gasteiger partial charge in [-0.05, 0) is 20.3 Å². The molecule has 88 valence electrons. The maximum absolute atomic E-state index is 11.7. The lowest BCUT2D eigenvalue weighted by Gasteiger charge is -2.28. The zero-order valence-electron chi connectivity index (χ0n) is 9.56. The Kier molecular flexibility index (Phi) is 5.93. The lowest BCUT2D eigenvalue weighted by molar-refractivity contribution is -0.142. The first-order chi connectivity index (χ1) is 6.90. The second kappa shape index (κ2) is 6.40. The number of carbonyl (C=O) groups excluding carboxylic acids is 1. The molecule has 0 saturated carbocycles. The topological polar surface area (TPSA) is 83.6 Å². The van der Waals surface area contributed by atoms with Gasteiger partial charge in [-0.3, -0.25) is 9.59 Å². The van der Waals surface area contributed by atoms with Crippen molar-refractivity contribution in [2.24, 2.45) is 5.73 Å². The fourth-order valence-electron chi connectivity index (χ4n) is 1.35. The van der Waals surface area contributed by atoms with E-state index in [0.717, 1.165) is 6.42 Å². The molecule has 0 aromatic carbocycles. The number of nitrogens with two attached hydrogens (primary N) is 1. The van der Waals surface area contributed by atoms with Crippen LogP contribution >= 0.6 is 0 Å². The van der Waals surface area contributed by atoms with E-state index in [1.54, 1.807) is 4.90 Å². The van der Waals surface area contributed by atoms with Crippen LogP contribution in [0.2, 0.25) is 0 Å². The average molecular weight is 216 g/mol. The molecule has 0 aliphatic heterocycles. The third kappa shape index (κ3) is 4.78. The van der Waals surface area contributed by atoms with Crippen LogP contribution in [0, 0.1) is 0 Å². The minimum absolute atomic E-state index is 0.0531. The molecule has 0 aromatic rings. The average Bonchev–Trinajstić information content (AvgIpc) is 2.11. The van der Waals surface area contributed by atoms with Crippen molar-refractivity contribution in [3.63, 3.8) is 0 Å². The zero-order chi connectivity index (χ0) is 12.0.